The second-order valence-electron chi connectivity index (χ2n) is 5.33. The number of carbonyl (C=O) groups is 1. The molecular formula is C16H24N2O3. The summed E-state index contributed by atoms with van der Waals surface area (Å²) in [5.41, 5.74) is 1.02. The quantitative estimate of drug-likeness (QED) is 0.837. The van der Waals surface area contributed by atoms with Crippen molar-refractivity contribution in [1.29, 1.82) is 0 Å². The number of nitrogens with one attached hydrogen (secondary N) is 2. The highest BCUT2D eigenvalue weighted by molar-refractivity contribution is 5.77. The monoisotopic (exact) mass is 292 g/mol. The molecule has 1 aliphatic rings. The van der Waals surface area contributed by atoms with E-state index in [1.54, 1.807) is 7.11 Å². The number of benzene rings is 1. The third kappa shape index (κ3) is 5.02. The first-order chi connectivity index (χ1) is 10.2. The average molecular weight is 292 g/mol. The molecule has 21 heavy (non-hydrogen) atoms. The van der Waals surface area contributed by atoms with Gasteiger partial charge in [0.05, 0.1) is 19.3 Å². The minimum absolute atomic E-state index is 0.0655. The minimum Gasteiger partial charge on any atom is -0.497 e. The first kappa shape index (κ1) is 15.8. The molecule has 1 atom stereocenters. The van der Waals surface area contributed by atoms with Gasteiger partial charge in [0.15, 0.2) is 0 Å². The average Bonchev–Trinajstić information content (AvgIpc) is 2.54. The lowest BCUT2D eigenvalue weighted by atomic mass is 10.1. The van der Waals surface area contributed by atoms with Crippen LogP contribution in [0.5, 0.6) is 5.75 Å². The summed E-state index contributed by atoms with van der Waals surface area (Å²) in [6, 6.07) is 7.64. The second-order valence-corrected chi connectivity index (χ2v) is 5.33. The van der Waals surface area contributed by atoms with Crippen molar-refractivity contribution < 1.29 is 14.3 Å². The summed E-state index contributed by atoms with van der Waals surface area (Å²) in [5, 5.41) is 6.23. The van der Waals surface area contributed by atoms with Gasteiger partial charge >= 0.3 is 0 Å². The van der Waals surface area contributed by atoms with Gasteiger partial charge in [-0.15, -0.1) is 0 Å². The molecule has 1 aromatic rings. The van der Waals surface area contributed by atoms with Crippen LogP contribution in [0.1, 0.15) is 31.4 Å². The maximum atomic E-state index is 11.9. The van der Waals surface area contributed by atoms with Crippen LogP contribution in [0, 0.1) is 0 Å². The van der Waals surface area contributed by atoms with Crippen molar-refractivity contribution in [3.63, 3.8) is 0 Å². The molecule has 1 fully saturated rings. The zero-order valence-electron chi connectivity index (χ0n) is 12.7. The van der Waals surface area contributed by atoms with Crippen molar-refractivity contribution in [2.24, 2.45) is 0 Å². The van der Waals surface area contributed by atoms with Gasteiger partial charge in [-0.2, -0.15) is 0 Å². The molecule has 0 unspecified atom stereocenters. The largest absolute Gasteiger partial charge is 0.497 e. The maximum Gasteiger partial charge on any atom is 0.246 e. The van der Waals surface area contributed by atoms with Crippen LogP contribution in [0.15, 0.2) is 24.3 Å². The van der Waals surface area contributed by atoms with E-state index in [9.17, 15) is 4.79 Å². The summed E-state index contributed by atoms with van der Waals surface area (Å²) in [6.45, 7) is 4.01. The molecule has 1 saturated heterocycles. The molecule has 2 N–H and O–H groups in total. The molecule has 1 aliphatic heterocycles. The van der Waals surface area contributed by atoms with Gasteiger partial charge in [0.25, 0.3) is 0 Å². The predicted octanol–water partition coefficient (Wildman–Crippen LogP) is 1.64. The molecule has 0 aliphatic carbocycles. The standard InChI is InChI=1S/C16H24N2O3/c1-12(13-4-3-5-15(10-13)20-2)18-16(19)11-21-14-6-8-17-9-7-14/h3-5,10,12,14,17H,6-9,11H2,1-2H3,(H,18,19)/t12-/m0/s1. The lowest BCUT2D eigenvalue weighted by molar-refractivity contribution is -0.128. The van der Waals surface area contributed by atoms with Crippen LogP contribution < -0.4 is 15.4 Å². The summed E-state index contributed by atoms with van der Waals surface area (Å²) >= 11 is 0. The molecular weight excluding hydrogens is 268 g/mol. The van der Waals surface area contributed by atoms with Gasteiger partial charge in [0.2, 0.25) is 5.91 Å². The summed E-state index contributed by atoms with van der Waals surface area (Å²) in [6.07, 6.45) is 2.14. The van der Waals surface area contributed by atoms with Gasteiger partial charge in [0.1, 0.15) is 12.4 Å². The number of hydrogen-bond donors (Lipinski definition) is 2. The predicted molar refractivity (Wildman–Crippen MR) is 81.4 cm³/mol. The summed E-state index contributed by atoms with van der Waals surface area (Å²) in [4.78, 5) is 11.9. The number of methoxy groups -OCH3 is 1. The van der Waals surface area contributed by atoms with Crippen molar-refractivity contribution in [1.82, 2.24) is 10.6 Å². The summed E-state index contributed by atoms with van der Waals surface area (Å²) in [7, 11) is 1.63. The molecule has 0 spiro atoms. The number of hydrogen-bond acceptors (Lipinski definition) is 4. The molecule has 1 heterocycles. The van der Waals surface area contributed by atoms with E-state index in [1.807, 2.05) is 31.2 Å². The minimum atomic E-state index is -0.0798. The fraction of sp³-hybridized carbons (Fsp3) is 0.562. The van der Waals surface area contributed by atoms with E-state index in [1.165, 1.54) is 0 Å². The van der Waals surface area contributed by atoms with E-state index in [-0.39, 0.29) is 24.7 Å². The van der Waals surface area contributed by atoms with E-state index in [0.29, 0.717) is 0 Å². The van der Waals surface area contributed by atoms with Crippen LogP contribution in [-0.4, -0.2) is 38.8 Å². The highest BCUT2D eigenvalue weighted by atomic mass is 16.5. The Hall–Kier alpha value is -1.59. The van der Waals surface area contributed by atoms with E-state index in [4.69, 9.17) is 9.47 Å². The third-order valence-electron chi connectivity index (χ3n) is 3.71. The second kappa shape index (κ2) is 8.00. The van der Waals surface area contributed by atoms with Gasteiger partial charge in [-0.1, -0.05) is 12.1 Å². The fourth-order valence-corrected chi connectivity index (χ4v) is 2.43. The Bertz CT molecular complexity index is 459. The summed E-state index contributed by atoms with van der Waals surface area (Å²) < 4.78 is 10.8. The molecule has 0 bridgehead atoms. The van der Waals surface area contributed by atoms with Gasteiger partial charge in [-0.25, -0.2) is 0 Å². The topological polar surface area (TPSA) is 59.6 Å². The van der Waals surface area contributed by atoms with Gasteiger partial charge < -0.3 is 20.1 Å². The number of carbonyl (C=O) groups excluding carboxylic acids is 1. The first-order valence-corrected chi connectivity index (χ1v) is 7.44. The van der Waals surface area contributed by atoms with E-state index >= 15 is 0 Å². The Labute approximate surface area is 126 Å². The van der Waals surface area contributed by atoms with Gasteiger partial charge in [0, 0.05) is 0 Å². The Morgan fingerprint density at radius 3 is 2.90 bits per heavy atom. The lowest BCUT2D eigenvalue weighted by Gasteiger charge is -2.23. The van der Waals surface area contributed by atoms with Crippen LogP contribution >= 0.6 is 0 Å². The van der Waals surface area contributed by atoms with Crippen LogP contribution in [0.25, 0.3) is 0 Å². The Balaban J connectivity index is 1.78. The molecule has 116 valence electrons. The molecule has 5 heteroatoms. The van der Waals surface area contributed by atoms with E-state index in [0.717, 1.165) is 37.2 Å². The lowest BCUT2D eigenvalue weighted by Crippen LogP contribution is -2.36. The maximum absolute atomic E-state index is 11.9. The first-order valence-electron chi connectivity index (χ1n) is 7.44. The zero-order valence-corrected chi connectivity index (χ0v) is 12.7. The molecule has 1 amide bonds. The fourth-order valence-electron chi connectivity index (χ4n) is 2.43. The molecule has 5 nitrogen and oxygen atoms in total. The van der Waals surface area contributed by atoms with Crippen LogP contribution in [-0.2, 0) is 9.53 Å². The molecule has 2 rings (SSSR count). The number of amides is 1. The van der Waals surface area contributed by atoms with Crippen LogP contribution in [0.2, 0.25) is 0 Å². The molecule has 0 aromatic heterocycles. The van der Waals surface area contributed by atoms with E-state index < -0.39 is 0 Å². The highest BCUT2D eigenvalue weighted by Crippen LogP contribution is 2.18. The molecule has 0 radical (unpaired) electrons. The highest BCUT2D eigenvalue weighted by Gasteiger charge is 2.16. The van der Waals surface area contributed by atoms with Crippen LogP contribution in [0.4, 0.5) is 0 Å². The number of piperidine rings is 1. The molecule has 1 aromatic carbocycles. The number of ether oxygens (including phenoxy) is 2. The Kier molecular flexibility index (Phi) is 6.02. The van der Waals surface area contributed by atoms with Gasteiger partial charge in [-0.3, -0.25) is 4.79 Å². The zero-order chi connectivity index (χ0) is 15.1. The third-order valence-corrected chi connectivity index (χ3v) is 3.71. The molecule has 0 saturated carbocycles. The van der Waals surface area contributed by atoms with E-state index in [2.05, 4.69) is 10.6 Å². The van der Waals surface area contributed by atoms with Crippen molar-refractivity contribution in [2.45, 2.75) is 31.9 Å². The van der Waals surface area contributed by atoms with Crippen LogP contribution in [0.3, 0.4) is 0 Å². The SMILES string of the molecule is COc1cccc([C@H](C)NC(=O)COC2CCNCC2)c1. The van der Waals surface area contributed by atoms with Crippen molar-refractivity contribution >= 4 is 5.91 Å². The van der Waals surface area contributed by atoms with Crippen molar-refractivity contribution in [3.05, 3.63) is 29.8 Å². The van der Waals surface area contributed by atoms with Gasteiger partial charge in [-0.05, 0) is 50.6 Å². The number of rotatable bonds is 6. The van der Waals surface area contributed by atoms with Crippen molar-refractivity contribution in [3.8, 4) is 5.75 Å². The summed E-state index contributed by atoms with van der Waals surface area (Å²) in [5.74, 6) is 0.711. The Morgan fingerprint density at radius 1 is 1.43 bits per heavy atom. The van der Waals surface area contributed by atoms with Crippen molar-refractivity contribution in [2.75, 3.05) is 26.8 Å². The smallest absolute Gasteiger partial charge is 0.246 e. The Morgan fingerprint density at radius 2 is 2.19 bits per heavy atom. The normalized spacial score (nSPS) is 17.2.